The first-order valence-electron chi connectivity index (χ1n) is 12.5. The van der Waals surface area contributed by atoms with Gasteiger partial charge < -0.3 is 24.6 Å². The molecule has 0 spiro atoms. The number of phenolic OH excluding ortho intramolecular Hbond substituents is 1. The maximum absolute atomic E-state index is 14.0. The molecule has 2 fully saturated rings. The second-order valence-electron chi connectivity index (χ2n) is 9.71. The van der Waals surface area contributed by atoms with Crippen molar-refractivity contribution in [2.45, 2.75) is 50.7 Å². The van der Waals surface area contributed by atoms with Gasteiger partial charge in [0.05, 0.1) is 5.92 Å². The number of hydrogen-bond donors (Lipinski definition) is 2. The molecular formula is C28H35N3O3. The maximum Gasteiger partial charge on any atom is 0.228 e. The van der Waals surface area contributed by atoms with E-state index in [1.54, 1.807) is 13.2 Å². The quantitative estimate of drug-likeness (QED) is 0.467. The number of rotatable bonds is 9. The van der Waals surface area contributed by atoms with E-state index in [1.807, 2.05) is 18.2 Å². The molecule has 2 atom stereocenters. The summed E-state index contributed by atoms with van der Waals surface area (Å²) >= 11 is 0. The van der Waals surface area contributed by atoms with Crippen LogP contribution in [0, 0.1) is 5.92 Å². The van der Waals surface area contributed by atoms with Gasteiger partial charge in [-0.05, 0) is 67.5 Å². The molecule has 34 heavy (non-hydrogen) atoms. The SMILES string of the molecule is COCCCn1cc(CN(C(=O)[C@H]2CNCC[C@@H]2c2cccc(O)c2)C2CC2)c2ccccc21. The van der Waals surface area contributed by atoms with Gasteiger partial charge in [0.25, 0.3) is 0 Å². The zero-order chi connectivity index (χ0) is 23.5. The zero-order valence-electron chi connectivity index (χ0n) is 20.0. The number of methoxy groups -OCH3 is 1. The summed E-state index contributed by atoms with van der Waals surface area (Å²) in [6.45, 7) is 3.85. The van der Waals surface area contributed by atoms with Crippen molar-refractivity contribution in [1.82, 2.24) is 14.8 Å². The number of amides is 1. The lowest BCUT2D eigenvalue weighted by Crippen LogP contribution is -2.47. The molecule has 0 bridgehead atoms. The van der Waals surface area contributed by atoms with Crippen molar-refractivity contribution in [1.29, 1.82) is 0 Å². The van der Waals surface area contributed by atoms with E-state index in [4.69, 9.17) is 4.74 Å². The fourth-order valence-electron chi connectivity index (χ4n) is 5.46. The lowest BCUT2D eigenvalue weighted by Gasteiger charge is -2.35. The zero-order valence-corrected chi connectivity index (χ0v) is 20.0. The summed E-state index contributed by atoms with van der Waals surface area (Å²) in [5, 5.41) is 14.7. The Morgan fingerprint density at radius 2 is 2.03 bits per heavy atom. The Morgan fingerprint density at radius 3 is 2.82 bits per heavy atom. The Hall–Kier alpha value is -2.83. The summed E-state index contributed by atoms with van der Waals surface area (Å²) in [6.07, 6.45) is 6.25. The van der Waals surface area contributed by atoms with Gasteiger partial charge in [-0.2, -0.15) is 0 Å². The normalized spacial score (nSPS) is 20.5. The fraction of sp³-hybridized carbons (Fsp3) is 0.464. The molecule has 6 nitrogen and oxygen atoms in total. The maximum atomic E-state index is 14.0. The first kappa shape index (κ1) is 22.9. The predicted molar refractivity (Wildman–Crippen MR) is 134 cm³/mol. The number of carbonyl (C=O) groups excluding carboxylic acids is 1. The average Bonchev–Trinajstić information content (AvgIpc) is 3.65. The van der Waals surface area contributed by atoms with Crippen molar-refractivity contribution in [3.05, 3.63) is 65.9 Å². The first-order chi connectivity index (χ1) is 16.7. The molecule has 5 rings (SSSR count). The molecule has 2 aliphatic rings. The van der Waals surface area contributed by atoms with E-state index in [0.29, 0.717) is 19.1 Å². The Kier molecular flexibility index (Phi) is 6.88. The molecule has 0 radical (unpaired) electrons. The van der Waals surface area contributed by atoms with E-state index < -0.39 is 0 Å². The highest BCUT2D eigenvalue weighted by atomic mass is 16.5. The van der Waals surface area contributed by atoms with Gasteiger partial charge in [0.1, 0.15) is 5.75 Å². The molecule has 3 aromatic rings. The van der Waals surface area contributed by atoms with Gasteiger partial charge in [-0.1, -0.05) is 30.3 Å². The number of fused-ring (bicyclic) bond motifs is 1. The van der Waals surface area contributed by atoms with Crippen LogP contribution in [0.1, 0.15) is 42.7 Å². The van der Waals surface area contributed by atoms with Crippen LogP contribution < -0.4 is 5.32 Å². The summed E-state index contributed by atoms with van der Waals surface area (Å²) in [6, 6.07) is 16.3. The third kappa shape index (κ3) is 4.84. The number of phenols is 1. The van der Waals surface area contributed by atoms with Crippen molar-refractivity contribution in [3.63, 3.8) is 0 Å². The average molecular weight is 462 g/mol. The molecule has 1 saturated heterocycles. The van der Waals surface area contributed by atoms with Crippen LogP contribution in [0.5, 0.6) is 5.75 Å². The molecule has 2 heterocycles. The van der Waals surface area contributed by atoms with E-state index in [0.717, 1.165) is 50.9 Å². The van der Waals surface area contributed by atoms with Gasteiger partial charge in [-0.25, -0.2) is 0 Å². The summed E-state index contributed by atoms with van der Waals surface area (Å²) in [5.41, 5.74) is 3.49. The Labute approximate surface area is 201 Å². The van der Waals surface area contributed by atoms with Gasteiger partial charge in [-0.3, -0.25) is 4.79 Å². The molecule has 2 N–H and O–H groups in total. The van der Waals surface area contributed by atoms with Crippen molar-refractivity contribution in [2.24, 2.45) is 5.92 Å². The van der Waals surface area contributed by atoms with Gasteiger partial charge >= 0.3 is 0 Å². The van der Waals surface area contributed by atoms with Crippen LogP contribution in [0.4, 0.5) is 0 Å². The van der Waals surface area contributed by atoms with E-state index in [2.05, 4.69) is 45.2 Å². The van der Waals surface area contributed by atoms with E-state index >= 15 is 0 Å². The number of nitrogens with one attached hydrogen (secondary N) is 1. The topological polar surface area (TPSA) is 66.7 Å². The van der Waals surface area contributed by atoms with E-state index in [1.165, 1.54) is 16.5 Å². The summed E-state index contributed by atoms with van der Waals surface area (Å²) < 4.78 is 7.55. The highest BCUT2D eigenvalue weighted by molar-refractivity contribution is 5.85. The van der Waals surface area contributed by atoms with Gasteiger partial charge in [-0.15, -0.1) is 0 Å². The van der Waals surface area contributed by atoms with Crippen molar-refractivity contribution >= 4 is 16.8 Å². The number of benzene rings is 2. The Balaban J connectivity index is 1.41. The summed E-state index contributed by atoms with van der Waals surface area (Å²) in [4.78, 5) is 16.1. The minimum Gasteiger partial charge on any atom is -0.508 e. The van der Waals surface area contributed by atoms with Crippen LogP contribution in [0.2, 0.25) is 0 Å². The highest BCUT2D eigenvalue weighted by Crippen LogP contribution is 2.37. The standard InChI is InChI=1S/C28H35N3O3/c1-34-15-5-14-30-18-21(25-8-2-3-9-27(25)30)19-31(22-10-11-22)28(33)26-17-29-13-12-24(26)20-6-4-7-23(32)16-20/h2-4,6-9,16,18,22,24,26,29,32H,5,10-15,17,19H2,1H3/t24-,26+/m1/s1. The summed E-state index contributed by atoms with van der Waals surface area (Å²) in [5.74, 6) is 0.505. The first-order valence-corrected chi connectivity index (χ1v) is 12.5. The van der Waals surface area contributed by atoms with Gasteiger partial charge in [0.15, 0.2) is 0 Å². The van der Waals surface area contributed by atoms with Gasteiger partial charge in [0, 0.05) is 56.5 Å². The van der Waals surface area contributed by atoms with Crippen molar-refractivity contribution in [2.75, 3.05) is 26.8 Å². The lowest BCUT2D eigenvalue weighted by atomic mass is 9.80. The fourth-order valence-corrected chi connectivity index (χ4v) is 5.46. The molecule has 1 aliphatic heterocycles. The number of aromatic nitrogens is 1. The lowest BCUT2D eigenvalue weighted by molar-refractivity contribution is -0.138. The molecular weight excluding hydrogens is 426 g/mol. The third-order valence-electron chi connectivity index (χ3n) is 7.33. The molecule has 2 aromatic carbocycles. The smallest absolute Gasteiger partial charge is 0.228 e. The van der Waals surface area contributed by atoms with Crippen LogP contribution in [0.15, 0.2) is 54.7 Å². The van der Waals surface area contributed by atoms with Crippen molar-refractivity contribution < 1.29 is 14.6 Å². The molecule has 1 aromatic heterocycles. The second kappa shape index (κ2) is 10.2. The summed E-state index contributed by atoms with van der Waals surface area (Å²) in [7, 11) is 1.74. The number of aromatic hydroxyl groups is 1. The third-order valence-corrected chi connectivity index (χ3v) is 7.33. The largest absolute Gasteiger partial charge is 0.508 e. The van der Waals surface area contributed by atoms with Crippen LogP contribution >= 0.6 is 0 Å². The number of hydrogen-bond acceptors (Lipinski definition) is 4. The van der Waals surface area contributed by atoms with Crippen molar-refractivity contribution in [3.8, 4) is 5.75 Å². The molecule has 0 unspecified atom stereocenters. The molecule has 1 aliphatic carbocycles. The molecule has 6 heteroatoms. The minimum absolute atomic E-state index is 0.119. The van der Waals surface area contributed by atoms with Crippen LogP contribution in [0.3, 0.4) is 0 Å². The minimum atomic E-state index is -0.119. The number of nitrogens with zero attached hydrogens (tertiary/aromatic N) is 2. The number of para-hydroxylation sites is 1. The Bertz CT molecular complexity index is 1140. The van der Waals surface area contributed by atoms with Crippen LogP contribution in [-0.2, 0) is 22.6 Å². The van der Waals surface area contributed by atoms with Crippen LogP contribution in [0.25, 0.3) is 10.9 Å². The second-order valence-corrected chi connectivity index (χ2v) is 9.71. The molecule has 180 valence electrons. The molecule has 1 saturated carbocycles. The Morgan fingerprint density at radius 1 is 1.18 bits per heavy atom. The number of piperidine rings is 1. The number of aryl methyl sites for hydroxylation is 1. The monoisotopic (exact) mass is 461 g/mol. The van der Waals surface area contributed by atoms with Gasteiger partial charge in [0.2, 0.25) is 5.91 Å². The van der Waals surface area contributed by atoms with E-state index in [9.17, 15) is 9.90 Å². The number of ether oxygens (including phenoxy) is 1. The molecule has 1 amide bonds. The highest BCUT2D eigenvalue weighted by Gasteiger charge is 2.40. The van der Waals surface area contributed by atoms with E-state index in [-0.39, 0.29) is 23.5 Å². The number of carbonyl (C=O) groups is 1. The van der Waals surface area contributed by atoms with Crippen LogP contribution in [-0.4, -0.2) is 53.3 Å². The predicted octanol–water partition coefficient (Wildman–Crippen LogP) is 4.27.